The second kappa shape index (κ2) is 5.30. The Kier molecular flexibility index (Phi) is 4.29. The summed E-state index contributed by atoms with van der Waals surface area (Å²) in [6.07, 6.45) is 2.72. The number of aromatic nitrogens is 2. The molecule has 0 aromatic carbocycles. The SMILES string of the molecule is CCc1c[nH]c(=S)n1C(C)C(=O)NC(C)C. The monoisotopic (exact) mass is 241 g/mol. The summed E-state index contributed by atoms with van der Waals surface area (Å²) in [5, 5.41) is 2.89. The second-order valence-corrected chi connectivity index (χ2v) is 4.53. The third-order valence-electron chi connectivity index (χ3n) is 2.45. The van der Waals surface area contributed by atoms with E-state index in [1.165, 1.54) is 0 Å². The fraction of sp³-hybridized carbons (Fsp3) is 0.636. The van der Waals surface area contributed by atoms with Crippen molar-refractivity contribution in [2.75, 3.05) is 0 Å². The van der Waals surface area contributed by atoms with Gasteiger partial charge in [0.2, 0.25) is 5.91 Å². The first kappa shape index (κ1) is 13.0. The van der Waals surface area contributed by atoms with Gasteiger partial charge in [0.1, 0.15) is 6.04 Å². The van der Waals surface area contributed by atoms with Gasteiger partial charge in [-0.3, -0.25) is 4.79 Å². The summed E-state index contributed by atoms with van der Waals surface area (Å²) >= 11 is 5.18. The van der Waals surface area contributed by atoms with Gasteiger partial charge in [-0.2, -0.15) is 0 Å². The van der Waals surface area contributed by atoms with Crippen LogP contribution in [0.2, 0.25) is 0 Å². The number of aryl methyl sites for hydroxylation is 1. The minimum atomic E-state index is -0.268. The molecule has 0 radical (unpaired) electrons. The standard InChI is InChI=1S/C11H19N3OS/c1-5-9-6-12-11(16)14(9)8(4)10(15)13-7(2)3/h6-8H,5H2,1-4H3,(H,12,16)(H,13,15). The van der Waals surface area contributed by atoms with Gasteiger partial charge in [0, 0.05) is 17.9 Å². The first-order valence-corrected chi connectivity index (χ1v) is 5.97. The van der Waals surface area contributed by atoms with Gasteiger partial charge in [-0.15, -0.1) is 0 Å². The van der Waals surface area contributed by atoms with Crippen LogP contribution in [-0.4, -0.2) is 21.5 Å². The van der Waals surface area contributed by atoms with Gasteiger partial charge in [-0.1, -0.05) is 6.92 Å². The Hall–Kier alpha value is -1.10. The van der Waals surface area contributed by atoms with Gasteiger partial charge in [-0.05, 0) is 39.4 Å². The van der Waals surface area contributed by atoms with Gasteiger partial charge in [0.25, 0.3) is 0 Å². The molecule has 0 aliphatic rings. The molecule has 1 aromatic heterocycles. The highest BCUT2D eigenvalue weighted by Gasteiger charge is 2.18. The lowest BCUT2D eigenvalue weighted by Crippen LogP contribution is -2.36. The molecule has 16 heavy (non-hydrogen) atoms. The van der Waals surface area contributed by atoms with Crippen molar-refractivity contribution in [1.82, 2.24) is 14.9 Å². The minimum Gasteiger partial charge on any atom is -0.352 e. The summed E-state index contributed by atoms with van der Waals surface area (Å²) < 4.78 is 2.47. The van der Waals surface area contributed by atoms with E-state index in [1.807, 2.05) is 38.5 Å². The molecule has 5 heteroatoms. The van der Waals surface area contributed by atoms with E-state index in [0.29, 0.717) is 4.77 Å². The zero-order valence-electron chi connectivity index (χ0n) is 10.2. The van der Waals surface area contributed by atoms with Crippen LogP contribution in [0.4, 0.5) is 0 Å². The highest BCUT2D eigenvalue weighted by Crippen LogP contribution is 2.12. The normalized spacial score (nSPS) is 12.8. The first-order chi connectivity index (χ1) is 7.47. The summed E-state index contributed by atoms with van der Waals surface area (Å²) in [5.41, 5.74) is 1.05. The third kappa shape index (κ3) is 2.72. The number of hydrogen-bond donors (Lipinski definition) is 2. The summed E-state index contributed by atoms with van der Waals surface area (Å²) in [5.74, 6) is 0.000370. The van der Waals surface area contributed by atoms with Crippen molar-refractivity contribution in [3.05, 3.63) is 16.7 Å². The van der Waals surface area contributed by atoms with Crippen molar-refractivity contribution in [3.63, 3.8) is 0 Å². The molecule has 0 saturated carbocycles. The summed E-state index contributed by atoms with van der Waals surface area (Å²) in [7, 11) is 0. The fourth-order valence-electron chi connectivity index (χ4n) is 1.63. The van der Waals surface area contributed by atoms with E-state index in [9.17, 15) is 4.79 Å². The van der Waals surface area contributed by atoms with Crippen LogP contribution in [0.5, 0.6) is 0 Å². The highest BCUT2D eigenvalue weighted by molar-refractivity contribution is 7.71. The lowest BCUT2D eigenvalue weighted by Gasteiger charge is -2.17. The van der Waals surface area contributed by atoms with Crippen molar-refractivity contribution in [2.45, 2.75) is 46.2 Å². The van der Waals surface area contributed by atoms with Crippen LogP contribution in [0.3, 0.4) is 0 Å². The largest absolute Gasteiger partial charge is 0.352 e. The molecule has 2 N–H and O–H groups in total. The number of imidazole rings is 1. The van der Waals surface area contributed by atoms with Crippen molar-refractivity contribution >= 4 is 18.1 Å². The number of carbonyl (C=O) groups excluding carboxylic acids is 1. The number of hydrogen-bond acceptors (Lipinski definition) is 2. The molecule has 0 fully saturated rings. The Bertz CT molecular complexity index is 419. The molecule has 1 unspecified atom stereocenters. The lowest BCUT2D eigenvalue weighted by atomic mass is 10.2. The van der Waals surface area contributed by atoms with E-state index < -0.39 is 0 Å². The Morgan fingerprint density at radius 1 is 1.56 bits per heavy atom. The topological polar surface area (TPSA) is 49.8 Å². The van der Waals surface area contributed by atoms with Gasteiger partial charge in [0.15, 0.2) is 4.77 Å². The number of aromatic amines is 1. The molecule has 0 saturated heterocycles. The van der Waals surface area contributed by atoms with Gasteiger partial charge < -0.3 is 14.9 Å². The van der Waals surface area contributed by atoms with Crippen molar-refractivity contribution in [3.8, 4) is 0 Å². The second-order valence-electron chi connectivity index (χ2n) is 4.15. The van der Waals surface area contributed by atoms with Crippen LogP contribution in [0.15, 0.2) is 6.20 Å². The number of rotatable bonds is 4. The predicted octanol–water partition coefficient (Wildman–Crippen LogP) is 2.19. The van der Waals surface area contributed by atoms with Crippen LogP contribution >= 0.6 is 12.2 Å². The smallest absolute Gasteiger partial charge is 0.243 e. The molecule has 90 valence electrons. The number of H-pyrrole nitrogens is 1. The van der Waals surface area contributed by atoms with E-state index in [0.717, 1.165) is 12.1 Å². The Morgan fingerprint density at radius 2 is 2.19 bits per heavy atom. The zero-order valence-corrected chi connectivity index (χ0v) is 11.0. The molecule has 1 heterocycles. The maximum Gasteiger partial charge on any atom is 0.243 e. The van der Waals surface area contributed by atoms with Crippen molar-refractivity contribution in [2.24, 2.45) is 0 Å². The molecule has 4 nitrogen and oxygen atoms in total. The van der Waals surface area contributed by atoms with E-state index in [2.05, 4.69) is 10.3 Å². The van der Waals surface area contributed by atoms with Crippen LogP contribution in [0.1, 0.15) is 39.4 Å². The molecule has 1 amide bonds. The number of carbonyl (C=O) groups is 1. The van der Waals surface area contributed by atoms with E-state index in [4.69, 9.17) is 12.2 Å². The molecule has 0 aliphatic carbocycles. The number of nitrogens with one attached hydrogen (secondary N) is 2. The first-order valence-electron chi connectivity index (χ1n) is 5.56. The van der Waals surface area contributed by atoms with Crippen molar-refractivity contribution < 1.29 is 4.79 Å². The average molecular weight is 241 g/mol. The molecule has 0 spiro atoms. The van der Waals surface area contributed by atoms with E-state index in [-0.39, 0.29) is 18.0 Å². The quantitative estimate of drug-likeness (QED) is 0.794. The third-order valence-corrected chi connectivity index (χ3v) is 2.76. The van der Waals surface area contributed by atoms with Crippen LogP contribution < -0.4 is 5.32 Å². The number of amides is 1. The Labute approximate surface area is 101 Å². The zero-order chi connectivity index (χ0) is 12.3. The van der Waals surface area contributed by atoms with Crippen molar-refractivity contribution in [1.29, 1.82) is 0 Å². The maximum atomic E-state index is 11.9. The molecule has 0 bridgehead atoms. The fourth-order valence-corrected chi connectivity index (χ4v) is 1.97. The summed E-state index contributed by atoms with van der Waals surface area (Å²) in [6.45, 7) is 7.80. The Balaban J connectivity index is 2.95. The molecule has 1 rings (SSSR count). The Morgan fingerprint density at radius 3 is 2.69 bits per heavy atom. The summed E-state index contributed by atoms with van der Waals surface area (Å²) in [4.78, 5) is 14.9. The molecule has 1 aromatic rings. The lowest BCUT2D eigenvalue weighted by molar-refractivity contribution is -0.124. The van der Waals surface area contributed by atoms with E-state index >= 15 is 0 Å². The average Bonchev–Trinajstić information content (AvgIpc) is 2.57. The van der Waals surface area contributed by atoms with E-state index in [1.54, 1.807) is 0 Å². The molecular weight excluding hydrogens is 222 g/mol. The molecule has 1 atom stereocenters. The van der Waals surface area contributed by atoms with Crippen LogP contribution in [-0.2, 0) is 11.2 Å². The van der Waals surface area contributed by atoms with Gasteiger partial charge >= 0.3 is 0 Å². The minimum absolute atomic E-state index is 0.000370. The van der Waals surface area contributed by atoms with Crippen LogP contribution in [0.25, 0.3) is 0 Å². The van der Waals surface area contributed by atoms with Gasteiger partial charge in [-0.25, -0.2) is 0 Å². The highest BCUT2D eigenvalue weighted by atomic mass is 32.1. The maximum absolute atomic E-state index is 11.9. The van der Waals surface area contributed by atoms with Gasteiger partial charge in [0.05, 0.1) is 0 Å². The molecule has 0 aliphatic heterocycles. The number of nitrogens with zero attached hydrogens (tertiary/aromatic N) is 1. The van der Waals surface area contributed by atoms with Crippen LogP contribution in [0, 0.1) is 4.77 Å². The molecular formula is C11H19N3OS. The summed E-state index contributed by atoms with van der Waals surface area (Å²) in [6, 6.07) is -0.121. The predicted molar refractivity (Wildman–Crippen MR) is 67.0 cm³/mol.